The molecule has 1 aliphatic carbocycles. The lowest BCUT2D eigenvalue weighted by Crippen LogP contribution is -2.49. The van der Waals surface area contributed by atoms with Crippen molar-refractivity contribution in [3.8, 4) is 0 Å². The summed E-state index contributed by atoms with van der Waals surface area (Å²) in [6, 6.07) is 0.788. The molecule has 0 unspecified atom stereocenters. The Balaban J connectivity index is 1.74. The van der Waals surface area contributed by atoms with Crippen molar-refractivity contribution in [3.63, 3.8) is 0 Å². The van der Waals surface area contributed by atoms with Gasteiger partial charge in [0.05, 0.1) is 5.69 Å². The molecule has 2 heterocycles. The highest BCUT2D eigenvalue weighted by molar-refractivity contribution is 7.15. The van der Waals surface area contributed by atoms with Crippen molar-refractivity contribution in [1.29, 1.82) is 0 Å². The van der Waals surface area contributed by atoms with Crippen molar-refractivity contribution in [3.05, 3.63) is 10.6 Å². The Labute approximate surface area is 126 Å². The number of anilines is 1. The van der Waals surface area contributed by atoms with Gasteiger partial charge in [-0.3, -0.25) is 4.90 Å². The number of piperidine rings is 1. The fourth-order valence-corrected chi connectivity index (χ4v) is 4.82. The molecule has 3 rings (SSSR count). The van der Waals surface area contributed by atoms with Gasteiger partial charge < -0.3 is 5.32 Å². The Bertz CT molecular complexity index is 441. The summed E-state index contributed by atoms with van der Waals surface area (Å²) in [6.45, 7) is 8.14. The van der Waals surface area contributed by atoms with E-state index >= 15 is 0 Å². The van der Waals surface area contributed by atoms with Crippen LogP contribution in [-0.4, -0.2) is 35.6 Å². The monoisotopic (exact) mass is 293 g/mol. The van der Waals surface area contributed by atoms with Crippen molar-refractivity contribution >= 4 is 16.5 Å². The standard InChI is InChI=1S/C16H27N3S/c1-3-7-17-16-18-13-10-12-6-5-9-19(8-4-2)14(12)11-15(13)20-16/h12,14H,3-11H2,1-2H3,(H,17,18)/t12-,14-/m1/s1. The van der Waals surface area contributed by atoms with Crippen LogP contribution in [0.1, 0.15) is 50.1 Å². The maximum absolute atomic E-state index is 4.84. The van der Waals surface area contributed by atoms with Crippen molar-refractivity contribution in [1.82, 2.24) is 9.88 Å². The zero-order valence-corrected chi connectivity index (χ0v) is 13.6. The van der Waals surface area contributed by atoms with Crippen molar-refractivity contribution in [2.45, 2.75) is 58.4 Å². The molecule has 1 N–H and O–H groups in total. The van der Waals surface area contributed by atoms with Crippen molar-refractivity contribution in [2.24, 2.45) is 5.92 Å². The van der Waals surface area contributed by atoms with Crippen molar-refractivity contribution in [2.75, 3.05) is 25.0 Å². The molecular weight excluding hydrogens is 266 g/mol. The van der Waals surface area contributed by atoms with Gasteiger partial charge in [-0.05, 0) is 57.5 Å². The van der Waals surface area contributed by atoms with Gasteiger partial charge in [-0.25, -0.2) is 4.98 Å². The van der Waals surface area contributed by atoms with Gasteiger partial charge in [0.15, 0.2) is 5.13 Å². The Morgan fingerprint density at radius 1 is 1.30 bits per heavy atom. The molecule has 112 valence electrons. The molecule has 0 aromatic carbocycles. The molecule has 1 aliphatic heterocycles. The van der Waals surface area contributed by atoms with Crippen molar-refractivity contribution < 1.29 is 0 Å². The minimum Gasteiger partial charge on any atom is -0.362 e. The average Bonchev–Trinajstić information content (AvgIpc) is 2.85. The highest BCUT2D eigenvalue weighted by Gasteiger charge is 2.36. The Morgan fingerprint density at radius 2 is 2.20 bits per heavy atom. The first-order valence-electron chi connectivity index (χ1n) is 8.28. The SMILES string of the molecule is CCCNc1nc2c(s1)C[C@@H]1[C@H](CCCN1CCC)C2. The summed E-state index contributed by atoms with van der Waals surface area (Å²) >= 11 is 1.90. The summed E-state index contributed by atoms with van der Waals surface area (Å²) < 4.78 is 0. The molecule has 0 radical (unpaired) electrons. The van der Waals surface area contributed by atoms with Gasteiger partial charge in [0.1, 0.15) is 0 Å². The van der Waals surface area contributed by atoms with E-state index in [2.05, 4.69) is 24.1 Å². The number of aromatic nitrogens is 1. The van der Waals surface area contributed by atoms with Gasteiger partial charge in [0, 0.05) is 17.5 Å². The highest BCUT2D eigenvalue weighted by Crippen LogP contribution is 2.38. The number of likely N-dealkylation sites (tertiary alicyclic amines) is 1. The van der Waals surface area contributed by atoms with E-state index in [1.54, 1.807) is 4.88 Å². The second-order valence-corrected chi connectivity index (χ2v) is 7.31. The van der Waals surface area contributed by atoms with Crippen LogP contribution in [0.2, 0.25) is 0 Å². The number of thiazole rings is 1. The molecule has 0 spiro atoms. The molecular formula is C16H27N3S. The molecule has 20 heavy (non-hydrogen) atoms. The predicted molar refractivity (Wildman–Crippen MR) is 86.7 cm³/mol. The summed E-state index contributed by atoms with van der Waals surface area (Å²) in [5.41, 5.74) is 1.40. The van der Waals surface area contributed by atoms with Crippen LogP contribution in [0.15, 0.2) is 0 Å². The van der Waals surface area contributed by atoms with Crippen LogP contribution in [0.3, 0.4) is 0 Å². The first kappa shape index (κ1) is 14.3. The number of hydrogen-bond donors (Lipinski definition) is 1. The molecule has 1 fully saturated rings. The lowest BCUT2D eigenvalue weighted by atomic mass is 9.79. The van der Waals surface area contributed by atoms with Gasteiger partial charge in [0.2, 0.25) is 0 Å². The van der Waals surface area contributed by atoms with Gasteiger partial charge in [-0.15, -0.1) is 11.3 Å². The lowest BCUT2D eigenvalue weighted by Gasteiger charge is -2.43. The summed E-state index contributed by atoms with van der Waals surface area (Å²) in [5, 5.41) is 4.61. The largest absolute Gasteiger partial charge is 0.362 e. The summed E-state index contributed by atoms with van der Waals surface area (Å²) in [6.07, 6.45) is 7.68. The maximum atomic E-state index is 4.84. The molecule has 0 saturated carbocycles. The number of fused-ring (bicyclic) bond motifs is 2. The zero-order valence-electron chi connectivity index (χ0n) is 12.8. The summed E-state index contributed by atoms with van der Waals surface area (Å²) in [7, 11) is 0. The van der Waals surface area contributed by atoms with E-state index in [9.17, 15) is 0 Å². The Morgan fingerprint density at radius 3 is 3.00 bits per heavy atom. The number of nitrogens with one attached hydrogen (secondary N) is 1. The van der Waals surface area contributed by atoms with E-state index in [4.69, 9.17) is 4.98 Å². The quantitative estimate of drug-likeness (QED) is 0.900. The normalized spacial score (nSPS) is 26.1. The number of nitrogens with zero attached hydrogens (tertiary/aromatic N) is 2. The van der Waals surface area contributed by atoms with Crippen LogP contribution >= 0.6 is 11.3 Å². The van der Waals surface area contributed by atoms with E-state index in [0.717, 1.165) is 23.6 Å². The summed E-state index contributed by atoms with van der Waals surface area (Å²) in [5.74, 6) is 0.851. The summed E-state index contributed by atoms with van der Waals surface area (Å²) in [4.78, 5) is 9.13. The van der Waals surface area contributed by atoms with Gasteiger partial charge in [-0.1, -0.05) is 13.8 Å². The number of rotatable bonds is 5. The van der Waals surface area contributed by atoms with Crippen LogP contribution in [0.5, 0.6) is 0 Å². The molecule has 2 atom stereocenters. The van der Waals surface area contributed by atoms with Gasteiger partial charge in [0.25, 0.3) is 0 Å². The molecule has 1 saturated heterocycles. The van der Waals surface area contributed by atoms with Crippen LogP contribution in [0.25, 0.3) is 0 Å². The second-order valence-electron chi connectivity index (χ2n) is 6.23. The first-order valence-corrected chi connectivity index (χ1v) is 9.10. The van der Waals surface area contributed by atoms with Crippen LogP contribution in [0.4, 0.5) is 5.13 Å². The smallest absolute Gasteiger partial charge is 0.183 e. The third-order valence-electron chi connectivity index (χ3n) is 4.70. The molecule has 0 amide bonds. The first-order chi connectivity index (χ1) is 9.81. The third-order valence-corrected chi connectivity index (χ3v) is 5.78. The van der Waals surface area contributed by atoms with Crippen LogP contribution < -0.4 is 5.32 Å². The van der Waals surface area contributed by atoms with E-state index in [-0.39, 0.29) is 0 Å². The molecule has 0 bridgehead atoms. The second kappa shape index (κ2) is 6.44. The fraction of sp³-hybridized carbons (Fsp3) is 0.812. The third kappa shape index (κ3) is 2.86. The predicted octanol–water partition coefficient (Wildman–Crippen LogP) is 3.55. The van der Waals surface area contributed by atoms with Crippen LogP contribution in [-0.2, 0) is 12.8 Å². The van der Waals surface area contributed by atoms with E-state index in [1.165, 1.54) is 57.3 Å². The molecule has 3 nitrogen and oxygen atoms in total. The minimum absolute atomic E-state index is 0.788. The lowest BCUT2D eigenvalue weighted by molar-refractivity contribution is 0.0857. The maximum Gasteiger partial charge on any atom is 0.183 e. The van der Waals surface area contributed by atoms with E-state index in [1.807, 2.05) is 11.3 Å². The average molecular weight is 293 g/mol. The van der Waals surface area contributed by atoms with E-state index < -0.39 is 0 Å². The fourth-order valence-electron chi connectivity index (χ4n) is 3.76. The van der Waals surface area contributed by atoms with E-state index in [0.29, 0.717) is 0 Å². The minimum atomic E-state index is 0.788. The van der Waals surface area contributed by atoms with Gasteiger partial charge >= 0.3 is 0 Å². The highest BCUT2D eigenvalue weighted by atomic mass is 32.1. The molecule has 2 aliphatic rings. The topological polar surface area (TPSA) is 28.2 Å². The zero-order chi connectivity index (χ0) is 13.9. The Hall–Kier alpha value is -0.610. The van der Waals surface area contributed by atoms with Crippen LogP contribution in [0, 0.1) is 5.92 Å². The molecule has 4 heteroatoms. The molecule has 1 aromatic heterocycles. The molecule has 1 aromatic rings. The van der Waals surface area contributed by atoms with Gasteiger partial charge in [-0.2, -0.15) is 0 Å². The Kier molecular flexibility index (Phi) is 4.61. The number of hydrogen-bond acceptors (Lipinski definition) is 4.